The van der Waals surface area contributed by atoms with Crippen LogP contribution >= 0.6 is 11.8 Å². The summed E-state index contributed by atoms with van der Waals surface area (Å²) in [6, 6.07) is -0.124. The van der Waals surface area contributed by atoms with Crippen molar-refractivity contribution in [3.63, 3.8) is 0 Å². The molecule has 0 radical (unpaired) electrons. The van der Waals surface area contributed by atoms with Crippen LogP contribution in [0.1, 0.15) is 46.5 Å². The van der Waals surface area contributed by atoms with Gasteiger partial charge in [0.2, 0.25) is 0 Å². The normalized spacial score (nSPS) is 26.7. The summed E-state index contributed by atoms with van der Waals surface area (Å²) in [6.07, 6.45) is 3.80. The lowest BCUT2D eigenvalue weighted by atomic mass is 9.95. The standard InChI is InChI=1S/C13H26N2O2S/c1-4-12(2,7-8-16)15-11(17)14-10-13(3)6-5-9-18-13/h16H,4-10H2,1-3H3,(H2,14,15,17). The molecule has 0 aromatic heterocycles. The first-order valence-electron chi connectivity index (χ1n) is 6.74. The van der Waals surface area contributed by atoms with Gasteiger partial charge in [0.15, 0.2) is 0 Å². The third-order valence-electron chi connectivity index (χ3n) is 3.78. The highest BCUT2D eigenvalue weighted by Crippen LogP contribution is 2.36. The van der Waals surface area contributed by atoms with Crippen molar-refractivity contribution < 1.29 is 9.90 Å². The van der Waals surface area contributed by atoms with E-state index in [4.69, 9.17) is 5.11 Å². The van der Waals surface area contributed by atoms with Gasteiger partial charge in [-0.15, -0.1) is 0 Å². The van der Waals surface area contributed by atoms with Crippen LogP contribution in [-0.2, 0) is 0 Å². The van der Waals surface area contributed by atoms with E-state index < -0.39 is 0 Å². The fourth-order valence-electron chi connectivity index (χ4n) is 2.14. The van der Waals surface area contributed by atoms with Gasteiger partial charge >= 0.3 is 6.03 Å². The summed E-state index contributed by atoms with van der Waals surface area (Å²) in [4.78, 5) is 11.9. The number of carbonyl (C=O) groups is 1. The highest BCUT2D eigenvalue weighted by atomic mass is 32.2. The van der Waals surface area contributed by atoms with Crippen molar-refractivity contribution in [1.82, 2.24) is 10.6 Å². The molecule has 0 saturated carbocycles. The number of hydrogen-bond acceptors (Lipinski definition) is 3. The Morgan fingerprint density at radius 1 is 1.56 bits per heavy atom. The summed E-state index contributed by atoms with van der Waals surface area (Å²) in [5, 5.41) is 14.9. The van der Waals surface area contributed by atoms with E-state index in [0.29, 0.717) is 13.0 Å². The molecule has 2 amide bonds. The molecular formula is C13H26N2O2S. The number of rotatable bonds is 6. The Hall–Kier alpha value is -0.420. The van der Waals surface area contributed by atoms with E-state index in [2.05, 4.69) is 17.6 Å². The topological polar surface area (TPSA) is 61.4 Å². The van der Waals surface area contributed by atoms with Crippen molar-refractivity contribution in [3.05, 3.63) is 0 Å². The molecule has 0 spiro atoms. The van der Waals surface area contributed by atoms with Crippen molar-refractivity contribution >= 4 is 17.8 Å². The Kier molecular flexibility index (Phi) is 5.79. The molecule has 1 aliphatic heterocycles. The fraction of sp³-hybridized carbons (Fsp3) is 0.923. The second-order valence-corrected chi connectivity index (χ2v) is 7.28. The van der Waals surface area contributed by atoms with E-state index in [-0.39, 0.29) is 22.9 Å². The average Bonchev–Trinajstić information content (AvgIpc) is 2.75. The van der Waals surface area contributed by atoms with Crippen LogP contribution in [0.4, 0.5) is 4.79 Å². The third kappa shape index (κ3) is 4.69. The molecule has 18 heavy (non-hydrogen) atoms. The first kappa shape index (κ1) is 15.6. The van der Waals surface area contributed by atoms with E-state index in [1.807, 2.05) is 25.6 Å². The predicted octanol–water partition coefficient (Wildman–Crippen LogP) is 2.12. The second-order valence-electron chi connectivity index (χ2n) is 5.60. The molecule has 2 unspecified atom stereocenters. The minimum atomic E-state index is -0.317. The Balaban J connectivity index is 2.36. The molecule has 3 N–H and O–H groups in total. The Morgan fingerprint density at radius 3 is 2.78 bits per heavy atom. The van der Waals surface area contributed by atoms with Gasteiger partial charge in [-0.05, 0) is 45.3 Å². The number of aliphatic hydroxyl groups excluding tert-OH is 1. The van der Waals surface area contributed by atoms with E-state index in [9.17, 15) is 4.79 Å². The Labute approximate surface area is 114 Å². The molecule has 5 heteroatoms. The maximum atomic E-state index is 11.9. The maximum Gasteiger partial charge on any atom is 0.315 e. The monoisotopic (exact) mass is 274 g/mol. The number of amides is 2. The fourth-order valence-corrected chi connectivity index (χ4v) is 3.38. The van der Waals surface area contributed by atoms with Crippen molar-refractivity contribution in [2.45, 2.75) is 56.7 Å². The summed E-state index contributed by atoms with van der Waals surface area (Å²) in [5.74, 6) is 1.19. The van der Waals surface area contributed by atoms with Gasteiger partial charge in [0.25, 0.3) is 0 Å². The second kappa shape index (κ2) is 6.66. The molecule has 106 valence electrons. The lowest BCUT2D eigenvalue weighted by molar-refractivity contribution is 0.200. The van der Waals surface area contributed by atoms with Gasteiger partial charge in [0.1, 0.15) is 0 Å². The molecule has 1 fully saturated rings. The molecule has 0 aromatic rings. The van der Waals surface area contributed by atoms with Crippen molar-refractivity contribution in [2.24, 2.45) is 0 Å². The van der Waals surface area contributed by atoms with Crippen molar-refractivity contribution in [2.75, 3.05) is 18.9 Å². The molecule has 2 atom stereocenters. The van der Waals surface area contributed by atoms with Gasteiger partial charge in [-0.3, -0.25) is 0 Å². The number of aliphatic hydroxyl groups is 1. The van der Waals surface area contributed by atoms with Crippen LogP contribution in [0.2, 0.25) is 0 Å². The Morgan fingerprint density at radius 2 is 2.28 bits per heavy atom. The minimum Gasteiger partial charge on any atom is -0.396 e. The van der Waals surface area contributed by atoms with Crippen LogP contribution in [0.3, 0.4) is 0 Å². The first-order chi connectivity index (χ1) is 8.43. The lowest BCUT2D eigenvalue weighted by Gasteiger charge is -2.30. The van der Waals surface area contributed by atoms with Crippen LogP contribution in [0.15, 0.2) is 0 Å². The SMILES string of the molecule is CCC(C)(CCO)NC(=O)NCC1(C)CCCS1. The minimum absolute atomic E-state index is 0.0954. The number of hydrogen-bond donors (Lipinski definition) is 3. The number of urea groups is 1. The highest BCUT2D eigenvalue weighted by Gasteiger charge is 2.30. The third-order valence-corrected chi connectivity index (χ3v) is 5.32. The zero-order valence-corrected chi connectivity index (χ0v) is 12.5. The van der Waals surface area contributed by atoms with E-state index >= 15 is 0 Å². The van der Waals surface area contributed by atoms with Crippen LogP contribution in [0.25, 0.3) is 0 Å². The molecule has 1 saturated heterocycles. The summed E-state index contributed by atoms with van der Waals surface area (Å²) in [7, 11) is 0. The van der Waals surface area contributed by atoms with Gasteiger partial charge in [-0.1, -0.05) is 6.92 Å². The number of carbonyl (C=O) groups excluding carboxylic acids is 1. The quantitative estimate of drug-likeness (QED) is 0.695. The lowest BCUT2D eigenvalue weighted by Crippen LogP contribution is -2.52. The van der Waals surface area contributed by atoms with Gasteiger partial charge in [-0.25, -0.2) is 4.79 Å². The summed E-state index contributed by atoms with van der Waals surface area (Å²) in [5.41, 5.74) is -0.317. The van der Waals surface area contributed by atoms with Crippen molar-refractivity contribution in [1.29, 1.82) is 0 Å². The van der Waals surface area contributed by atoms with Crippen LogP contribution in [0, 0.1) is 0 Å². The molecular weight excluding hydrogens is 248 g/mol. The molecule has 4 nitrogen and oxygen atoms in total. The predicted molar refractivity (Wildman–Crippen MR) is 77.0 cm³/mol. The molecule has 0 aliphatic carbocycles. The van der Waals surface area contributed by atoms with E-state index in [0.717, 1.165) is 6.42 Å². The van der Waals surface area contributed by atoms with Gasteiger partial charge in [-0.2, -0.15) is 11.8 Å². The first-order valence-corrected chi connectivity index (χ1v) is 7.72. The maximum absolute atomic E-state index is 11.9. The molecule has 1 heterocycles. The largest absolute Gasteiger partial charge is 0.396 e. The molecule has 0 aromatic carbocycles. The molecule has 1 aliphatic rings. The van der Waals surface area contributed by atoms with Gasteiger partial charge < -0.3 is 15.7 Å². The highest BCUT2D eigenvalue weighted by molar-refractivity contribution is 8.00. The zero-order valence-electron chi connectivity index (χ0n) is 11.7. The molecule has 0 bridgehead atoms. The van der Waals surface area contributed by atoms with Gasteiger partial charge in [0.05, 0.1) is 0 Å². The Bertz CT molecular complexity index is 280. The number of nitrogens with one attached hydrogen (secondary N) is 2. The smallest absolute Gasteiger partial charge is 0.315 e. The van der Waals surface area contributed by atoms with Crippen LogP contribution in [0.5, 0.6) is 0 Å². The van der Waals surface area contributed by atoms with Crippen LogP contribution < -0.4 is 10.6 Å². The summed E-state index contributed by atoms with van der Waals surface area (Å²) in [6.45, 7) is 7.00. The summed E-state index contributed by atoms with van der Waals surface area (Å²) < 4.78 is 0.191. The van der Waals surface area contributed by atoms with Crippen molar-refractivity contribution in [3.8, 4) is 0 Å². The summed E-state index contributed by atoms with van der Waals surface area (Å²) >= 11 is 1.94. The number of thioether (sulfide) groups is 1. The van der Waals surface area contributed by atoms with Crippen LogP contribution in [-0.4, -0.2) is 40.3 Å². The van der Waals surface area contributed by atoms with E-state index in [1.54, 1.807) is 0 Å². The average molecular weight is 274 g/mol. The molecule has 1 rings (SSSR count). The zero-order chi connectivity index (χ0) is 13.6. The van der Waals surface area contributed by atoms with E-state index in [1.165, 1.54) is 18.6 Å². The van der Waals surface area contributed by atoms with Gasteiger partial charge in [0, 0.05) is 23.4 Å².